The maximum absolute atomic E-state index is 14.1. The van der Waals surface area contributed by atoms with Crippen LogP contribution in [0.5, 0.6) is 0 Å². The van der Waals surface area contributed by atoms with Crippen molar-refractivity contribution in [3.8, 4) is 11.8 Å². The molecule has 0 radical (unpaired) electrons. The van der Waals surface area contributed by atoms with Crippen LogP contribution in [-0.4, -0.2) is 69.4 Å². The van der Waals surface area contributed by atoms with Crippen molar-refractivity contribution in [1.82, 2.24) is 25.0 Å². The van der Waals surface area contributed by atoms with E-state index in [1.165, 1.54) is 11.5 Å². The van der Waals surface area contributed by atoms with E-state index in [1.807, 2.05) is 6.07 Å². The van der Waals surface area contributed by atoms with Crippen molar-refractivity contribution in [2.24, 2.45) is 5.41 Å². The average Bonchev–Trinajstić information content (AvgIpc) is 3.77. The number of nitriles is 1. The number of alkyl halides is 6. The Labute approximate surface area is 230 Å². The Bertz CT molecular complexity index is 1580. The number of carbonyl (C=O) groups is 2. The number of nitrogens with zero attached hydrogens (tertiary/aromatic N) is 5. The number of halogens is 6. The van der Waals surface area contributed by atoms with Gasteiger partial charge in [0.1, 0.15) is 29.1 Å². The summed E-state index contributed by atoms with van der Waals surface area (Å²) in [4.78, 5) is 25.6. The Kier molecular flexibility index (Phi) is 6.44. The number of benzene rings is 1. The van der Waals surface area contributed by atoms with Crippen LogP contribution >= 0.6 is 0 Å². The normalized spacial score (nSPS) is 23.1. The minimum absolute atomic E-state index is 0. The molecule has 3 aliphatic rings. The van der Waals surface area contributed by atoms with Crippen molar-refractivity contribution in [3.63, 3.8) is 0 Å². The standard InChI is InChI=1S/C24H22F6N6O4S.H2/c1-13-34-32-12-36(13)14-2-3-18(16(8-14)23(25,26)27)41(39,40)15-9-17(19(37)33-21(11-31)4-5-21)35(10-15)20(38)22(6-7-22)24(28,29)30;/h2-3,8,12,15,17H,4-7,9-10H2,1H3,(H,33,37);1H/t15-,17+;/m1./s1. The van der Waals surface area contributed by atoms with Crippen LogP contribution in [0.2, 0.25) is 0 Å². The molecular weight excluding hydrogens is 582 g/mol. The second-order valence-corrected chi connectivity index (χ2v) is 12.8. The largest absolute Gasteiger partial charge is 0.417 e. The smallest absolute Gasteiger partial charge is 0.336 e. The highest BCUT2D eigenvalue weighted by molar-refractivity contribution is 7.92. The van der Waals surface area contributed by atoms with Gasteiger partial charge in [-0.1, -0.05) is 0 Å². The van der Waals surface area contributed by atoms with E-state index in [2.05, 4.69) is 15.5 Å². The Balaban J connectivity index is 0.00000405. The second kappa shape index (κ2) is 9.16. The van der Waals surface area contributed by atoms with E-state index in [0.717, 1.165) is 18.5 Å². The number of rotatable bonds is 6. The fourth-order valence-electron chi connectivity index (χ4n) is 5.09. The van der Waals surface area contributed by atoms with Gasteiger partial charge in [0.05, 0.1) is 21.8 Å². The van der Waals surface area contributed by atoms with Gasteiger partial charge in [-0.05, 0) is 57.2 Å². The van der Waals surface area contributed by atoms with Gasteiger partial charge in [0.15, 0.2) is 9.84 Å². The third kappa shape index (κ3) is 4.81. The molecule has 3 fully saturated rings. The molecule has 0 bridgehead atoms. The zero-order valence-corrected chi connectivity index (χ0v) is 22.1. The van der Waals surface area contributed by atoms with Crippen molar-refractivity contribution in [2.45, 2.75) is 73.1 Å². The molecule has 10 nitrogen and oxygen atoms in total. The van der Waals surface area contributed by atoms with Gasteiger partial charge in [0.25, 0.3) is 0 Å². The first-order valence-electron chi connectivity index (χ1n) is 12.4. The van der Waals surface area contributed by atoms with E-state index in [-0.39, 0.29) is 25.8 Å². The molecule has 0 spiro atoms. The summed E-state index contributed by atoms with van der Waals surface area (Å²) >= 11 is 0. The minimum Gasteiger partial charge on any atom is -0.336 e. The maximum atomic E-state index is 14.1. The molecule has 2 heterocycles. The fraction of sp³-hybridized carbons (Fsp3) is 0.542. The number of aryl methyl sites for hydroxylation is 1. The first kappa shape index (κ1) is 28.8. The lowest BCUT2D eigenvalue weighted by Crippen LogP contribution is -2.53. The molecule has 222 valence electrons. The molecule has 1 saturated heterocycles. The highest BCUT2D eigenvalue weighted by Crippen LogP contribution is 2.59. The summed E-state index contributed by atoms with van der Waals surface area (Å²) in [7, 11) is -4.96. The molecule has 2 saturated carbocycles. The van der Waals surface area contributed by atoms with Crippen molar-refractivity contribution < 1.29 is 45.8 Å². The van der Waals surface area contributed by atoms with Crippen LogP contribution in [0.1, 0.15) is 44.9 Å². The number of nitrogens with one attached hydrogen (secondary N) is 1. The number of sulfone groups is 1. The molecule has 41 heavy (non-hydrogen) atoms. The lowest BCUT2D eigenvalue weighted by Gasteiger charge is -2.29. The monoisotopic (exact) mass is 606 g/mol. The van der Waals surface area contributed by atoms with Gasteiger partial charge in [-0.3, -0.25) is 14.2 Å². The molecule has 1 aromatic carbocycles. The summed E-state index contributed by atoms with van der Waals surface area (Å²) in [6.07, 6.45) is -10.4. The maximum Gasteiger partial charge on any atom is 0.417 e. The Hall–Kier alpha value is -3.68. The van der Waals surface area contributed by atoms with Gasteiger partial charge in [0.2, 0.25) is 11.8 Å². The zero-order valence-electron chi connectivity index (χ0n) is 21.3. The average molecular weight is 607 g/mol. The lowest BCUT2D eigenvalue weighted by molar-refractivity contribution is -0.199. The summed E-state index contributed by atoms with van der Waals surface area (Å²) in [6, 6.07) is 2.52. The molecule has 2 amide bonds. The van der Waals surface area contributed by atoms with E-state index in [0.29, 0.717) is 11.0 Å². The molecule has 17 heteroatoms. The van der Waals surface area contributed by atoms with Crippen LogP contribution in [0.3, 0.4) is 0 Å². The van der Waals surface area contributed by atoms with Crippen LogP contribution in [0.25, 0.3) is 5.69 Å². The number of aromatic nitrogens is 3. The number of hydrogen-bond acceptors (Lipinski definition) is 7. The zero-order chi connectivity index (χ0) is 30.2. The summed E-state index contributed by atoms with van der Waals surface area (Å²) < 4.78 is 112. The summed E-state index contributed by atoms with van der Waals surface area (Å²) in [6.45, 7) is 0.534. The summed E-state index contributed by atoms with van der Waals surface area (Å²) in [5.74, 6) is -2.33. The van der Waals surface area contributed by atoms with E-state index in [9.17, 15) is 49.6 Å². The highest BCUT2D eigenvalue weighted by Gasteiger charge is 2.70. The molecular formula is C24H24F6N6O4S. The van der Waals surface area contributed by atoms with Crippen LogP contribution in [-0.2, 0) is 25.6 Å². The van der Waals surface area contributed by atoms with Crippen molar-refractivity contribution in [3.05, 3.63) is 35.9 Å². The predicted octanol–water partition coefficient (Wildman–Crippen LogP) is 3.10. The van der Waals surface area contributed by atoms with Gasteiger partial charge >= 0.3 is 12.4 Å². The van der Waals surface area contributed by atoms with Crippen molar-refractivity contribution in [1.29, 1.82) is 5.26 Å². The van der Waals surface area contributed by atoms with Gasteiger partial charge < -0.3 is 10.2 Å². The van der Waals surface area contributed by atoms with E-state index in [1.54, 1.807) is 0 Å². The third-order valence-corrected chi connectivity index (χ3v) is 10.1. The molecule has 2 aliphatic carbocycles. The Morgan fingerprint density at radius 1 is 1.15 bits per heavy atom. The third-order valence-electron chi connectivity index (χ3n) is 7.87. The van der Waals surface area contributed by atoms with E-state index < -0.39 is 92.5 Å². The SMILES string of the molecule is Cc1nncn1-c1ccc(S(=O)(=O)[C@@H]2C[C@@H](C(=O)NC3(C#N)CC3)N(C(=O)C3(C(F)(F)F)CC3)C2)c(C(F)(F)F)c1.[HH]. The molecule has 1 aliphatic heterocycles. The number of amides is 2. The lowest BCUT2D eigenvalue weighted by atomic mass is 10.0. The predicted molar refractivity (Wildman–Crippen MR) is 128 cm³/mol. The molecule has 1 N–H and O–H groups in total. The van der Waals surface area contributed by atoms with Crippen LogP contribution in [0.15, 0.2) is 29.4 Å². The number of carbonyl (C=O) groups excluding carboxylic acids is 2. The molecule has 2 atom stereocenters. The number of hydrogen-bond donors (Lipinski definition) is 1. The second-order valence-electron chi connectivity index (χ2n) is 10.6. The van der Waals surface area contributed by atoms with E-state index >= 15 is 0 Å². The first-order chi connectivity index (χ1) is 19.0. The molecule has 1 aromatic heterocycles. The van der Waals surface area contributed by atoms with Gasteiger partial charge in [-0.25, -0.2) is 8.42 Å². The molecule has 5 rings (SSSR count). The van der Waals surface area contributed by atoms with Gasteiger partial charge in [-0.15, -0.1) is 10.2 Å². The topological polar surface area (TPSA) is 138 Å². The van der Waals surface area contributed by atoms with Gasteiger partial charge in [-0.2, -0.15) is 31.6 Å². The van der Waals surface area contributed by atoms with Crippen molar-refractivity contribution >= 4 is 21.7 Å². The fourth-order valence-corrected chi connectivity index (χ4v) is 6.98. The molecule has 2 aromatic rings. The Morgan fingerprint density at radius 3 is 2.29 bits per heavy atom. The van der Waals surface area contributed by atoms with Gasteiger partial charge in [0, 0.05) is 13.7 Å². The van der Waals surface area contributed by atoms with Crippen LogP contribution < -0.4 is 5.32 Å². The summed E-state index contributed by atoms with van der Waals surface area (Å²) in [5.41, 5.74) is -5.72. The van der Waals surface area contributed by atoms with Crippen LogP contribution in [0, 0.1) is 23.7 Å². The molecule has 0 unspecified atom stereocenters. The van der Waals surface area contributed by atoms with Crippen molar-refractivity contribution in [2.75, 3.05) is 6.54 Å². The van der Waals surface area contributed by atoms with E-state index in [4.69, 9.17) is 0 Å². The first-order valence-corrected chi connectivity index (χ1v) is 13.9. The minimum atomic E-state index is -5.16. The Morgan fingerprint density at radius 2 is 1.80 bits per heavy atom. The quantitative estimate of drug-likeness (QED) is 0.499. The van der Waals surface area contributed by atoms with Crippen LogP contribution in [0.4, 0.5) is 26.3 Å². The summed E-state index contributed by atoms with van der Waals surface area (Å²) in [5, 5.41) is 17.1. The highest BCUT2D eigenvalue weighted by atomic mass is 32.2. The number of likely N-dealkylation sites (tertiary alicyclic amines) is 1.